The van der Waals surface area contributed by atoms with Crippen molar-refractivity contribution in [3.8, 4) is 0 Å². The lowest BCUT2D eigenvalue weighted by Gasteiger charge is -2.09. The van der Waals surface area contributed by atoms with Crippen molar-refractivity contribution in [3.63, 3.8) is 0 Å². The van der Waals surface area contributed by atoms with Crippen LogP contribution in [0.4, 0.5) is 0 Å². The summed E-state index contributed by atoms with van der Waals surface area (Å²) in [5.41, 5.74) is 5.16. The molecule has 0 aliphatic carbocycles. The Balaban J connectivity index is 3.41. The molecule has 0 unspecified atom stereocenters. The number of rotatable bonds is 5. The number of carbonyl (C=O) groups is 1. The maximum absolute atomic E-state index is 10.8. The van der Waals surface area contributed by atoms with Crippen molar-refractivity contribution in [2.75, 3.05) is 13.1 Å². The molecule has 0 aromatic heterocycles. The Labute approximate surface area is 62.0 Å². The van der Waals surface area contributed by atoms with Gasteiger partial charge in [-0.3, -0.25) is 4.79 Å². The van der Waals surface area contributed by atoms with Crippen LogP contribution in [-0.2, 0) is 4.79 Å². The molecule has 0 fully saturated rings. The van der Waals surface area contributed by atoms with Gasteiger partial charge < -0.3 is 11.1 Å². The Kier molecular flexibility index (Phi) is 5.16. The normalized spacial score (nSPS) is 13.1. The first-order valence-electron chi connectivity index (χ1n) is 3.68. The minimum absolute atomic E-state index is 0.0773. The molecule has 60 valence electrons. The van der Waals surface area contributed by atoms with Gasteiger partial charge in [0.1, 0.15) is 0 Å². The summed E-state index contributed by atoms with van der Waals surface area (Å²) in [5.74, 6) is 0.0773. The maximum Gasteiger partial charge on any atom is 0.162 e. The summed E-state index contributed by atoms with van der Waals surface area (Å²) in [5, 5.41) is 3.05. The van der Waals surface area contributed by atoms with E-state index >= 15 is 0 Å². The van der Waals surface area contributed by atoms with Crippen LogP contribution in [0.2, 0.25) is 0 Å². The summed E-state index contributed by atoms with van der Waals surface area (Å²) in [6.45, 7) is 4.92. The third-order valence-corrected chi connectivity index (χ3v) is 1.38. The van der Waals surface area contributed by atoms with E-state index in [0.29, 0.717) is 0 Å². The van der Waals surface area contributed by atoms with Crippen LogP contribution in [0.15, 0.2) is 0 Å². The molecule has 3 heteroatoms. The number of nitrogens with two attached hydrogens (primary N) is 1. The van der Waals surface area contributed by atoms with Crippen molar-refractivity contribution in [2.45, 2.75) is 26.3 Å². The number of hydrogen-bond donors (Lipinski definition) is 2. The van der Waals surface area contributed by atoms with Gasteiger partial charge in [-0.2, -0.15) is 0 Å². The van der Waals surface area contributed by atoms with Crippen molar-refractivity contribution >= 4 is 5.78 Å². The Morgan fingerprint density at radius 3 is 2.70 bits per heavy atom. The van der Waals surface area contributed by atoms with Crippen LogP contribution in [0.3, 0.4) is 0 Å². The quantitative estimate of drug-likeness (QED) is 0.566. The molecule has 0 amide bonds. The highest BCUT2D eigenvalue weighted by molar-refractivity contribution is 5.85. The zero-order chi connectivity index (χ0) is 7.98. The van der Waals surface area contributed by atoms with Crippen molar-refractivity contribution < 1.29 is 4.79 Å². The molecule has 0 radical (unpaired) electrons. The van der Waals surface area contributed by atoms with Crippen molar-refractivity contribution in [2.24, 2.45) is 5.73 Å². The maximum atomic E-state index is 10.8. The average Bonchev–Trinajstić information content (AvgIpc) is 1.98. The Morgan fingerprint density at radius 1 is 1.70 bits per heavy atom. The fraction of sp³-hybridized carbons (Fsp3) is 0.857. The van der Waals surface area contributed by atoms with Crippen molar-refractivity contribution in [1.82, 2.24) is 5.32 Å². The first kappa shape index (κ1) is 9.59. The van der Waals surface area contributed by atoms with Gasteiger partial charge in [0, 0.05) is 0 Å². The standard InChI is InChI=1S/C7H16N2O/c1-3-4-9-6(2)7(10)5-8/h6,9H,3-5,8H2,1-2H3/t6-/m0/s1. The molecular weight excluding hydrogens is 128 g/mol. The lowest BCUT2D eigenvalue weighted by atomic mass is 10.2. The van der Waals surface area contributed by atoms with Gasteiger partial charge in [-0.15, -0.1) is 0 Å². The largest absolute Gasteiger partial charge is 0.324 e. The number of ketones is 1. The van der Waals surface area contributed by atoms with E-state index in [1.54, 1.807) is 0 Å². The fourth-order valence-electron chi connectivity index (χ4n) is 0.651. The fourth-order valence-corrected chi connectivity index (χ4v) is 0.651. The molecule has 3 nitrogen and oxygen atoms in total. The van der Waals surface area contributed by atoms with Crippen LogP contribution in [0.5, 0.6) is 0 Å². The third kappa shape index (κ3) is 3.58. The van der Waals surface area contributed by atoms with Gasteiger partial charge in [0.25, 0.3) is 0 Å². The molecule has 0 aliphatic rings. The molecule has 3 N–H and O–H groups in total. The Morgan fingerprint density at radius 2 is 2.30 bits per heavy atom. The molecule has 0 aromatic rings. The molecule has 0 aliphatic heterocycles. The highest BCUT2D eigenvalue weighted by Crippen LogP contribution is 1.82. The van der Waals surface area contributed by atoms with E-state index in [1.165, 1.54) is 0 Å². The van der Waals surface area contributed by atoms with Gasteiger partial charge in [0.05, 0.1) is 12.6 Å². The molecular formula is C7H16N2O. The van der Waals surface area contributed by atoms with Gasteiger partial charge in [0.15, 0.2) is 5.78 Å². The monoisotopic (exact) mass is 144 g/mol. The summed E-state index contributed by atoms with van der Waals surface area (Å²) >= 11 is 0. The molecule has 0 heterocycles. The van der Waals surface area contributed by atoms with E-state index in [9.17, 15) is 4.79 Å². The molecule has 1 atom stereocenters. The van der Waals surface area contributed by atoms with E-state index < -0.39 is 0 Å². The first-order chi connectivity index (χ1) is 4.72. The molecule has 10 heavy (non-hydrogen) atoms. The highest BCUT2D eigenvalue weighted by Gasteiger charge is 2.07. The van der Waals surface area contributed by atoms with E-state index in [2.05, 4.69) is 12.2 Å². The number of nitrogens with one attached hydrogen (secondary N) is 1. The van der Waals surface area contributed by atoms with Gasteiger partial charge >= 0.3 is 0 Å². The summed E-state index contributed by atoms with van der Waals surface area (Å²) in [7, 11) is 0. The minimum atomic E-state index is -0.0788. The lowest BCUT2D eigenvalue weighted by molar-refractivity contribution is -0.119. The number of carbonyl (C=O) groups excluding carboxylic acids is 1. The molecule has 0 aromatic carbocycles. The lowest BCUT2D eigenvalue weighted by Crippen LogP contribution is -2.38. The average molecular weight is 144 g/mol. The van der Waals surface area contributed by atoms with Crippen LogP contribution in [0, 0.1) is 0 Å². The third-order valence-electron chi connectivity index (χ3n) is 1.38. The van der Waals surface area contributed by atoms with Gasteiger partial charge in [-0.1, -0.05) is 6.92 Å². The summed E-state index contributed by atoms with van der Waals surface area (Å²) in [6.07, 6.45) is 1.04. The van der Waals surface area contributed by atoms with Crippen LogP contribution in [0.25, 0.3) is 0 Å². The van der Waals surface area contributed by atoms with E-state index in [1.807, 2.05) is 6.92 Å². The van der Waals surface area contributed by atoms with Crippen LogP contribution in [-0.4, -0.2) is 24.9 Å². The summed E-state index contributed by atoms with van der Waals surface area (Å²) < 4.78 is 0. The first-order valence-corrected chi connectivity index (χ1v) is 3.68. The second-order valence-electron chi connectivity index (χ2n) is 2.35. The number of Topliss-reactive ketones (excluding diaryl/α,β-unsaturated/α-hetero) is 1. The van der Waals surface area contributed by atoms with Gasteiger partial charge in [-0.25, -0.2) is 0 Å². The van der Waals surface area contributed by atoms with Crippen molar-refractivity contribution in [3.05, 3.63) is 0 Å². The van der Waals surface area contributed by atoms with Crippen molar-refractivity contribution in [1.29, 1.82) is 0 Å². The van der Waals surface area contributed by atoms with Gasteiger partial charge in [-0.05, 0) is 19.9 Å². The van der Waals surface area contributed by atoms with Crippen LogP contribution < -0.4 is 11.1 Å². The predicted molar refractivity (Wildman–Crippen MR) is 41.8 cm³/mol. The Hall–Kier alpha value is -0.410. The smallest absolute Gasteiger partial charge is 0.162 e. The van der Waals surface area contributed by atoms with Crippen LogP contribution in [0.1, 0.15) is 20.3 Å². The van der Waals surface area contributed by atoms with Crippen LogP contribution >= 0.6 is 0 Å². The minimum Gasteiger partial charge on any atom is -0.324 e. The highest BCUT2D eigenvalue weighted by atomic mass is 16.1. The molecule has 0 spiro atoms. The topological polar surface area (TPSA) is 55.1 Å². The van der Waals surface area contributed by atoms with E-state index in [-0.39, 0.29) is 18.4 Å². The second kappa shape index (κ2) is 5.38. The summed E-state index contributed by atoms with van der Waals surface area (Å²) in [6, 6.07) is -0.0788. The predicted octanol–water partition coefficient (Wildman–Crippen LogP) is -0.0977. The van der Waals surface area contributed by atoms with E-state index in [4.69, 9.17) is 5.73 Å². The zero-order valence-electron chi connectivity index (χ0n) is 6.68. The summed E-state index contributed by atoms with van der Waals surface area (Å²) in [4.78, 5) is 10.8. The molecule has 0 bridgehead atoms. The second-order valence-corrected chi connectivity index (χ2v) is 2.35. The molecule has 0 rings (SSSR count). The SMILES string of the molecule is CCCN[C@@H](C)C(=O)CN. The van der Waals surface area contributed by atoms with E-state index in [0.717, 1.165) is 13.0 Å². The molecule has 0 saturated heterocycles. The number of hydrogen-bond acceptors (Lipinski definition) is 3. The zero-order valence-corrected chi connectivity index (χ0v) is 6.68. The Bertz CT molecular complexity index is 104. The van der Waals surface area contributed by atoms with Gasteiger partial charge in [0.2, 0.25) is 0 Å². The molecule has 0 saturated carbocycles.